The minimum absolute atomic E-state index is 0.00311. The van der Waals surface area contributed by atoms with Crippen molar-refractivity contribution in [1.29, 1.82) is 0 Å². The largest absolute Gasteiger partial charge is 0.493 e. The Kier molecular flexibility index (Phi) is 6.46. The Morgan fingerprint density at radius 1 is 1.07 bits per heavy atom. The summed E-state index contributed by atoms with van der Waals surface area (Å²) in [6.07, 6.45) is 6.85. The maximum atomic E-state index is 13.3. The molecule has 2 aliphatic heterocycles. The number of carbonyl (C=O) groups is 2. The number of methoxy groups -OCH3 is 2. The smallest absolute Gasteiger partial charge is 0.237 e. The number of ether oxygens (including phenoxy) is 2. The molecule has 2 atom stereocenters. The van der Waals surface area contributed by atoms with Crippen molar-refractivity contribution in [3.63, 3.8) is 0 Å². The predicted molar refractivity (Wildman–Crippen MR) is 114 cm³/mol. The van der Waals surface area contributed by atoms with E-state index in [1.165, 1.54) is 12.8 Å². The van der Waals surface area contributed by atoms with Gasteiger partial charge >= 0.3 is 0 Å². The van der Waals surface area contributed by atoms with Crippen LogP contribution < -0.4 is 14.8 Å². The molecule has 7 nitrogen and oxygen atoms in total. The van der Waals surface area contributed by atoms with Crippen molar-refractivity contribution < 1.29 is 19.1 Å². The summed E-state index contributed by atoms with van der Waals surface area (Å²) < 4.78 is 10.8. The number of nitrogens with zero attached hydrogens (tertiary/aromatic N) is 2. The van der Waals surface area contributed by atoms with Gasteiger partial charge in [0.25, 0.3) is 0 Å². The first-order valence-corrected chi connectivity index (χ1v) is 11.2. The van der Waals surface area contributed by atoms with Gasteiger partial charge in [-0.2, -0.15) is 0 Å². The molecule has 0 spiro atoms. The molecule has 4 rings (SSSR count). The first kappa shape index (κ1) is 21.0. The first-order valence-electron chi connectivity index (χ1n) is 11.2. The topological polar surface area (TPSA) is 71.1 Å². The monoisotopic (exact) mass is 415 g/mol. The van der Waals surface area contributed by atoms with E-state index in [1.54, 1.807) is 14.2 Å². The Morgan fingerprint density at radius 2 is 1.83 bits per heavy atom. The fourth-order valence-electron chi connectivity index (χ4n) is 5.37. The SMILES string of the molecule is COc1ccc([C@@H]2CCCN2C(=O)C[C@@H]2C(=O)NCCN2C2CCCC2)cc1OC. The molecule has 0 unspecified atom stereocenters. The third-order valence-electron chi connectivity index (χ3n) is 6.90. The van der Waals surface area contributed by atoms with Crippen molar-refractivity contribution in [3.05, 3.63) is 23.8 Å². The van der Waals surface area contributed by atoms with Crippen molar-refractivity contribution in [1.82, 2.24) is 15.1 Å². The van der Waals surface area contributed by atoms with Gasteiger partial charge in [0.15, 0.2) is 11.5 Å². The molecule has 2 amide bonds. The van der Waals surface area contributed by atoms with Crippen molar-refractivity contribution >= 4 is 11.8 Å². The van der Waals surface area contributed by atoms with Gasteiger partial charge in [0.2, 0.25) is 11.8 Å². The lowest BCUT2D eigenvalue weighted by atomic mass is 10.0. The molecule has 30 heavy (non-hydrogen) atoms. The number of hydrogen-bond acceptors (Lipinski definition) is 5. The Hall–Kier alpha value is -2.28. The molecule has 1 saturated carbocycles. The standard InChI is InChI=1S/C23H33N3O4/c1-29-20-10-9-16(14-21(20)30-2)18-8-5-12-26(18)22(27)15-19-23(28)24-11-13-25(19)17-6-3-4-7-17/h9-10,14,17-19H,3-8,11-13,15H2,1-2H3,(H,24,28)/t18-,19+/m0/s1. The van der Waals surface area contributed by atoms with E-state index in [9.17, 15) is 9.59 Å². The van der Waals surface area contributed by atoms with E-state index in [-0.39, 0.29) is 30.3 Å². The van der Waals surface area contributed by atoms with E-state index in [0.717, 1.165) is 44.3 Å². The van der Waals surface area contributed by atoms with Crippen LogP contribution in [0.5, 0.6) is 11.5 Å². The van der Waals surface area contributed by atoms with Gasteiger partial charge in [-0.15, -0.1) is 0 Å². The molecule has 0 radical (unpaired) electrons. The van der Waals surface area contributed by atoms with E-state index in [0.29, 0.717) is 24.1 Å². The highest BCUT2D eigenvalue weighted by Crippen LogP contribution is 2.37. The molecule has 1 aromatic rings. The Morgan fingerprint density at radius 3 is 2.57 bits per heavy atom. The average Bonchev–Trinajstić information content (AvgIpc) is 3.47. The molecular weight excluding hydrogens is 382 g/mol. The van der Waals surface area contributed by atoms with Gasteiger partial charge in [-0.3, -0.25) is 14.5 Å². The highest BCUT2D eigenvalue weighted by Gasteiger charge is 2.39. The summed E-state index contributed by atoms with van der Waals surface area (Å²) in [7, 11) is 3.24. The second-order valence-electron chi connectivity index (χ2n) is 8.55. The minimum atomic E-state index is -0.346. The number of piperazine rings is 1. The van der Waals surface area contributed by atoms with E-state index in [1.807, 2.05) is 23.1 Å². The maximum absolute atomic E-state index is 13.3. The molecule has 2 saturated heterocycles. The fraction of sp³-hybridized carbons (Fsp3) is 0.652. The Labute approximate surface area is 178 Å². The van der Waals surface area contributed by atoms with Crippen molar-refractivity contribution in [2.45, 2.75) is 63.1 Å². The van der Waals surface area contributed by atoms with Crippen LogP contribution in [0.4, 0.5) is 0 Å². The van der Waals surface area contributed by atoms with Crippen LogP contribution in [-0.4, -0.2) is 67.6 Å². The predicted octanol–water partition coefficient (Wildman–Crippen LogP) is 2.50. The summed E-state index contributed by atoms with van der Waals surface area (Å²) in [5.74, 6) is 1.43. The van der Waals surface area contributed by atoms with E-state index in [4.69, 9.17) is 9.47 Å². The third-order valence-corrected chi connectivity index (χ3v) is 6.90. The number of likely N-dealkylation sites (tertiary alicyclic amines) is 1. The molecule has 2 heterocycles. The van der Waals surface area contributed by atoms with Gasteiger partial charge in [0.1, 0.15) is 0 Å². The van der Waals surface area contributed by atoms with Crippen molar-refractivity contribution in [2.24, 2.45) is 0 Å². The molecule has 1 N–H and O–H groups in total. The zero-order chi connectivity index (χ0) is 21.1. The van der Waals surface area contributed by atoms with Gasteiger partial charge in [-0.25, -0.2) is 0 Å². The first-order chi connectivity index (χ1) is 14.6. The number of hydrogen-bond donors (Lipinski definition) is 1. The van der Waals surface area contributed by atoms with Gasteiger partial charge < -0.3 is 19.7 Å². The lowest BCUT2D eigenvalue weighted by molar-refractivity contribution is -0.140. The average molecular weight is 416 g/mol. The van der Waals surface area contributed by atoms with Crippen LogP contribution in [0, 0.1) is 0 Å². The Balaban J connectivity index is 1.49. The quantitative estimate of drug-likeness (QED) is 0.773. The summed E-state index contributed by atoms with van der Waals surface area (Å²) in [4.78, 5) is 30.3. The number of nitrogens with one attached hydrogen (secondary N) is 1. The van der Waals surface area contributed by atoms with Crippen LogP contribution in [0.15, 0.2) is 18.2 Å². The molecule has 3 fully saturated rings. The highest BCUT2D eigenvalue weighted by atomic mass is 16.5. The second kappa shape index (κ2) is 9.25. The number of carbonyl (C=O) groups excluding carboxylic acids is 2. The maximum Gasteiger partial charge on any atom is 0.237 e. The summed E-state index contributed by atoms with van der Waals surface area (Å²) in [6.45, 7) is 2.25. The van der Waals surface area contributed by atoms with E-state index in [2.05, 4.69) is 10.2 Å². The fourth-order valence-corrected chi connectivity index (χ4v) is 5.37. The second-order valence-corrected chi connectivity index (χ2v) is 8.55. The summed E-state index contributed by atoms with van der Waals surface area (Å²) >= 11 is 0. The minimum Gasteiger partial charge on any atom is -0.493 e. The number of amides is 2. The van der Waals surface area contributed by atoms with Crippen LogP contribution in [-0.2, 0) is 9.59 Å². The van der Waals surface area contributed by atoms with E-state index >= 15 is 0 Å². The summed E-state index contributed by atoms with van der Waals surface area (Å²) in [5.41, 5.74) is 1.05. The third kappa shape index (κ3) is 4.13. The van der Waals surface area contributed by atoms with Gasteiger partial charge in [0, 0.05) is 25.7 Å². The van der Waals surface area contributed by atoms with Crippen LogP contribution in [0.1, 0.15) is 56.6 Å². The molecule has 0 aromatic heterocycles. The lowest BCUT2D eigenvalue weighted by Gasteiger charge is -2.39. The summed E-state index contributed by atoms with van der Waals surface area (Å²) in [6, 6.07) is 5.98. The number of rotatable bonds is 6. The molecule has 164 valence electrons. The number of benzene rings is 1. The summed E-state index contributed by atoms with van der Waals surface area (Å²) in [5, 5.41) is 2.97. The molecule has 1 aliphatic carbocycles. The van der Waals surface area contributed by atoms with E-state index < -0.39 is 0 Å². The van der Waals surface area contributed by atoms with Gasteiger partial charge in [0.05, 0.1) is 32.7 Å². The lowest BCUT2D eigenvalue weighted by Crippen LogP contribution is -2.59. The molecule has 0 bridgehead atoms. The zero-order valence-corrected chi connectivity index (χ0v) is 18.1. The van der Waals surface area contributed by atoms with Crippen LogP contribution in [0.25, 0.3) is 0 Å². The van der Waals surface area contributed by atoms with Crippen LogP contribution >= 0.6 is 0 Å². The van der Waals surface area contributed by atoms with Crippen LogP contribution in [0.3, 0.4) is 0 Å². The van der Waals surface area contributed by atoms with Crippen molar-refractivity contribution in [2.75, 3.05) is 33.9 Å². The molecule has 7 heteroatoms. The van der Waals surface area contributed by atoms with Gasteiger partial charge in [-0.05, 0) is 43.4 Å². The van der Waals surface area contributed by atoms with Crippen LogP contribution in [0.2, 0.25) is 0 Å². The normalized spacial score (nSPS) is 25.4. The Bertz CT molecular complexity index is 778. The molecular formula is C23H33N3O4. The van der Waals surface area contributed by atoms with Crippen molar-refractivity contribution in [3.8, 4) is 11.5 Å². The zero-order valence-electron chi connectivity index (χ0n) is 18.1. The highest BCUT2D eigenvalue weighted by molar-refractivity contribution is 5.89. The molecule has 1 aromatic carbocycles. The van der Waals surface area contributed by atoms with Gasteiger partial charge in [-0.1, -0.05) is 18.9 Å². The molecule has 3 aliphatic rings.